The highest BCUT2D eigenvalue weighted by Crippen LogP contribution is 2.39. The summed E-state index contributed by atoms with van der Waals surface area (Å²) >= 11 is 12.0. The molecule has 1 unspecified atom stereocenters. The summed E-state index contributed by atoms with van der Waals surface area (Å²) in [6.07, 6.45) is 4.73. The molecule has 0 amide bonds. The summed E-state index contributed by atoms with van der Waals surface area (Å²) in [7, 11) is 0. The number of rotatable bonds is 2. The second-order valence-electron chi connectivity index (χ2n) is 4.32. The lowest BCUT2D eigenvalue weighted by molar-refractivity contribution is 0.501. The van der Waals surface area contributed by atoms with E-state index in [0.717, 1.165) is 18.4 Å². The maximum atomic E-state index is 9.29. The minimum absolute atomic E-state index is 0.0766. The lowest BCUT2D eigenvalue weighted by atomic mass is 9.86. The van der Waals surface area contributed by atoms with Crippen molar-refractivity contribution in [2.24, 2.45) is 5.92 Å². The van der Waals surface area contributed by atoms with Crippen LogP contribution in [-0.2, 0) is 0 Å². The van der Waals surface area contributed by atoms with Gasteiger partial charge in [0.25, 0.3) is 0 Å². The van der Waals surface area contributed by atoms with Crippen molar-refractivity contribution in [3.8, 4) is 6.07 Å². The summed E-state index contributed by atoms with van der Waals surface area (Å²) in [6, 6.07) is 7.81. The molecule has 1 aromatic carbocycles. The lowest BCUT2D eigenvalue weighted by Crippen LogP contribution is -2.08. The molecule has 0 radical (unpaired) electrons. The van der Waals surface area contributed by atoms with Gasteiger partial charge in [0, 0.05) is 10.0 Å². The SMILES string of the molecule is N#CC(c1ccc(Cl)cc1Cl)C1CCCC1. The van der Waals surface area contributed by atoms with Crippen LogP contribution < -0.4 is 0 Å². The predicted octanol–water partition coefficient (Wildman–Crippen LogP) is 4.79. The van der Waals surface area contributed by atoms with Gasteiger partial charge in [-0.25, -0.2) is 0 Å². The van der Waals surface area contributed by atoms with Crippen LogP contribution in [0.2, 0.25) is 10.0 Å². The highest BCUT2D eigenvalue weighted by Gasteiger charge is 2.27. The molecular formula is C13H13Cl2N. The molecule has 0 aliphatic heterocycles. The minimum atomic E-state index is -0.0766. The molecule has 1 aliphatic rings. The quantitative estimate of drug-likeness (QED) is 0.744. The third-order valence-corrected chi connectivity index (χ3v) is 3.87. The first kappa shape index (κ1) is 11.8. The molecule has 0 aromatic heterocycles. The first-order chi connectivity index (χ1) is 7.72. The zero-order chi connectivity index (χ0) is 11.5. The maximum Gasteiger partial charge on any atom is 0.0755 e. The molecule has 1 aliphatic carbocycles. The first-order valence-corrected chi connectivity index (χ1v) is 6.32. The van der Waals surface area contributed by atoms with Gasteiger partial charge in [0.15, 0.2) is 0 Å². The number of nitriles is 1. The van der Waals surface area contributed by atoms with Crippen LogP contribution in [0, 0.1) is 17.2 Å². The van der Waals surface area contributed by atoms with E-state index in [1.54, 1.807) is 6.07 Å². The molecule has 0 heterocycles. The van der Waals surface area contributed by atoms with E-state index in [9.17, 15) is 5.26 Å². The fourth-order valence-electron chi connectivity index (χ4n) is 2.47. The molecule has 84 valence electrons. The Bertz CT molecular complexity index is 416. The number of benzene rings is 1. The van der Waals surface area contributed by atoms with Crippen molar-refractivity contribution in [1.82, 2.24) is 0 Å². The van der Waals surface area contributed by atoms with E-state index in [1.165, 1.54) is 12.8 Å². The summed E-state index contributed by atoms with van der Waals surface area (Å²) in [6.45, 7) is 0. The molecule has 1 aromatic rings. The van der Waals surface area contributed by atoms with E-state index < -0.39 is 0 Å². The van der Waals surface area contributed by atoms with Crippen LogP contribution in [0.5, 0.6) is 0 Å². The summed E-state index contributed by atoms with van der Waals surface area (Å²) in [5.74, 6) is 0.385. The zero-order valence-electron chi connectivity index (χ0n) is 8.92. The number of hydrogen-bond acceptors (Lipinski definition) is 1. The van der Waals surface area contributed by atoms with Gasteiger partial charge >= 0.3 is 0 Å². The topological polar surface area (TPSA) is 23.8 Å². The van der Waals surface area contributed by atoms with E-state index in [0.29, 0.717) is 16.0 Å². The molecule has 0 bridgehead atoms. The third kappa shape index (κ3) is 2.34. The van der Waals surface area contributed by atoms with Crippen LogP contribution in [0.1, 0.15) is 37.2 Å². The molecule has 1 atom stereocenters. The van der Waals surface area contributed by atoms with Crippen molar-refractivity contribution >= 4 is 23.2 Å². The average Bonchev–Trinajstić information content (AvgIpc) is 2.75. The van der Waals surface area contributed by atoms with Crippen LogP contribution in [0.15, 0.2) is 18.2 Å². The second-order valence-corrected chi connectivity index (χ2v) is 5.16. The highest BCUT2D eigenvalue weighted by atomic mass is 35.5. The molecule has 1 saturated carbocycles. The molecule has 2 rings (SSSR count). The maximum absolute atomic E-state index is 9.29. The van der Waals surface area contributed by atoms with Gasteiger partial charge in [0.05, 0.1) is 12.0 Å². The molecule has 0 spiro atoms. The van der Waals surface area contributed by atoms with Gasteiger partial charge in [-0.05, 0) is 36.5 Å². The fourth-order valence-corrected chi connectivity index (χ4v) is 3.00. The van der Waals surface area contributed by atoms with Crippen molar-refractivity contribution in [2.75, 3.05) is 0 Å². The number of hydrogen-bond donors (Lipinski definition) is 0. The molecule has 1 nitrogen and oxygen atoms in total. The van der Waals surface area contributed by atoms with Crippen molar-refractivity contribution < 1.29 is 0 Å². The van der Waals surface area contributed by atoms with E-state index >= 15 is 0 Å². The molecule has 16 heavy (non-hydrogen) atoms. The van der Waals surface area contributed by atoms with E-state index in [1.807, 2.05) is 12.1 Å². The summed E-state index contributed by atoms with van der Waals surface area (Å²) < 4.78 is 0. The number of nitrogens with zero attached hydrogens (tertiary/aromatic N) is 1. The van der Waals surface area contributed by atoms with E-state index in [-0.39, 0.29) is 5.92 Å². The fraction of sp³-hybridized carbons (Fsp3) is 0.462. The minimum Gasteiger partial charge on any atom is -0.198 e. The van der Waals surface area contributed by atoms with Gasteiger partial charge in [0.2, 0.25) is 0 Å². The molecule has 0 N–H and O–H groups in total. The van der Waals surface area contributed by atoms with Crippen molar-refractivity contribution in [3.63, 3.8) is 0 Å². The van der Waals surface area contributed by atoms with E-state index in [4.69, 9.17) is 23.2 Å². The lowest BCUT2D eigenvalue weighted by Gasteiger charge is -2.17. The Kier molecular flexibility index (Phi) is 3.74. The van der Waals surface area contributed by atoms with Crippen LogP contribution >= 0.6 is 23.2 Å². The average molecular weight is 254 g/mol. The van der Waals surface area contributed by atoms with Gasteiger partial charge in [-0.3, -0.25) is 0 Å². The van der Waals surface area contributed by atoms with Crippen molar-refractivity contribution in [1.29, 1.82) is 5.26 Å². The van der Waals surface area contributed by atoms with Gasteiger partial charge in [0.1, 0.15) is 0 Å². The van der Waals surface area contributed by atoms with Gasteiger partial charge in [-0.2, -0.15) is 5.26 Å². The van der Waals surface area contributed by atoms with Crippen LogP contribution in [0.4, 0.5) is 0 Å². The Morgan fingerprint density at radius 3 is 2.50 bits per heavy atom. The molecule has 1 fully saturated rings. The smallest absolute Gasteiger partial charge is 0.0755 e. The van der Waals surface area contributed by atoms with E-state index in [2.05, 4.69) is 6.07 Å². The summed E-state index contributed by atoms with van der Waals surface area (Å²) in [5.41, 5.74) is 0.931. The van der Waals surface area contributed by atoms with Crippen molar-refractivity contribution in [3.05, 3.63) is 33.8 Å². The Hall–Kier alpha value is -0.710. The highest BCUT2D eigenvalue weighted by molar-refractivity contribution is 6.35. The molecular weight excluding hydrogens is 241 g/mol. The number of halogens is 2. The van der Waals surface area contributed by atoms with Gasteiger partial charge in [-0.15, -0.1) is 0 Å². The second kappa shape index (κ2) is 5.08. The Balaban J connectivity index is 2.30. The Morgan fingerprint density at radius 2 is 1.94 bits per heavy atom. The summed E-state index contributed by atoms with van der Waals surface area (Å²) in [4.78, 5) is 0. The zero-order valence-corrected chi connectivity index (χ0v) is 10.4. The Morgan fingerprint density at radius 1 is 1.25 bits per heavy atom. The Labute approximate surface area is 106 Å². The molecule has 3 heteroatoms. The van der Waals surface area contributed by atoms with Gasteiger partial charge in [-0.1, -0.05) is 42.1 Å². The summed E-state index contributed by atoms with van der Waals surface area (Å²) in [5, 5.41) is 10.5. The standard InChI is InChI=1S/C13H13Cl2N/c14-10-5-6-11(13(15)7-10)12(8-16)9-3-1-2-4-9/h5-7,9,12H,1-4H2. The normalized spacial score (nSPS) is 18.3. The molecule has 0 saturated heterocycles. The van der Waals surface area contributed by atoms with Crippen molar-refractivity contribution in [2.45, 2.75) is 31.6 Å². The predicted molar refractivity (Wildman–Crippen MR) is 66.8 cm³/mol. The monoisotopic (exact) mass is 253 g/mol. The van der Waals surface area contributed by atoms with Crippen LogP contribution in [-0.4, -0.2) is 0 Å². The van der Waals surface area contributed by atoms with Gasteiger partial charge < -0.3 is 0 Å². The van der Waals surface area contributed by atoms with Crippen LogP contribution in [0.25, 0.3) is 0 Å². The first-order valence-electron chi connectivity index (χ1n) is 5.57. The largest absolute Gasteiger partial charge is 0.198 e. The van der Waals surface area contributed by atoms with Crippen LogP contribution in [0.3, 0.4) is 0 Å². The third-order valence-electron chi connectivity index (χ3n) is 3.31.